The molecule has 0 aliphatic carbocycles. The van der Waals surface area contributed by atoms with Crippen molar-refractivity contribution in [3.8, 4) is 5.75 Å². The molecule has 136 valence electrons. The summed E-state index contributed by atoms with van der Waals surface area (Å²) in [6, 6.07) is 5.67. The largest absolute Gasteiger partial charge is 0.491 e. The van der Waals surface area contributed by atoms with E-state index < -0.39 is 0 Å². The first-order valence-electron chi connectivity index (χ1n) is 8.42. The van der Waals surface area contributed by atoms with Gasteiger partial charge in [-0.3, -0.25) is 0 Å². The van der Waals surface area contributed by atoms with Crippen molar-refractivity contribution in [2.75, 3.05) is 13.7 Å². The topological polar surface area (TPSA) is 80.5 Å². The molecule has 0 saturated heterocycles. The third-order valence-corrected chi connectivity index (χ3v) is 3.79. The van der Waals surface area contributed by atoms with Gasteiger partial charge in [-0.15, -0.1) is 10.2 Å². The van der Waals surface area contributed by atoms with Gasteiger partial charge in [0.2, 0.25) is 11.8 Å². The molecule has 0 spiro atoms. The molecule has 2 amide bonds. The lowest BCUT2D eigenvalue weighted by Gasteiger charge is -2.21. The lowest BCUT2D eigenvalue weighted by atomic mass is 10.1. The molecule has 1 atom stereocenters. The van der Waals surface area contributed by atoms with Crippen LogP contribution in [0.25, 0.3) is 0 Å². The number of aryl methyl sites for hydroxylation is 3. The van der Waals surface area contributed by atoms with Crippen LogP contribution in [0.2, 0.25) is 0 Å². The summed E-state index contributed by atoms with van der Waals surface area (Å²) in [7, 11) is 1.68. The van der Waals surface area contributed by atoms with Crippen LogP contribution in [0.5, 0.6) is 5.75 Å². The van der Waals surface area contributed by atoms with E-state index in [1.807, 2.05) is 45.9 Å². The summed E-state index contributed by atoms with van der Waals surface area (Å²) >= 11 is 0. The van der Waals surface area contributed by atoms with E-state index in [1.165, 1.54) is 4.90 Å². The number of nitrogens with one attached hydrogen (secondary N) is 1. The zero-order valence-electron chi connectivity index (χ0n) is 15.5. The van der Waals surface area contributed by atoms with Gasteiger partial charge in [-0.05, 0) is 31.9 Å². The Balaban J connectivity index is 1.82. The molecule has 0 aliphatic rings. The number of hydrogen-bond donors (Lipinski definition) is 1. The number of carbonyl (C=O) groups is 1. The van der Waals surface area contributed by atoms with Crippen molar-refractivity contribution in [3.05, 3.63) is 41.1 Å². The van der Waals surface area contributed by atoms with Crippen LogP contribution in [-0.2, 0) is 13.0 Å². The van der Waals surface area contributed by atoms with E-state index in [2.05, 4.69) is 15.5 Å². The van der Waals surface area contributed by atoms with Crippen LogP contribution >= 0.6 is 0 Å². The third-order valence-electron chi connectivity index (χ3n) is 3.79. The van der Waals surface area contributed by atoms with E-state index in [0.29, 0.717) is 24.8 Å². The number of benzene rings is 1. The van der Waals surface area contributed by atoms with Gasteiger partial charge >= 0.3 is 6.03 Å². The Kier molecular flexibility index (Phi) is 6.38. The maximum atomic E-state index is 12.2. The van der Waals surface area contributed by atoms with Gasteiger partial charge in [-0.25, -0.2) is 4.79 Å². The molecule has 7 nitrogen and oxygen atoms in total. The van der Waals surface area contributed by atoms with Crippen LogP contribution < -0.4 is 10.1 Å². The number of aromatic nitrogens is 2. The number of carbonyl (C=O) groups excluding carboxylic acids is 1. The van der Waals surface area contributed by atoms with Crippen LogP contribution in [0.1, 0.15) is 36.8 Å². The van der Waals surface area contributed by atoms with Crippen LogP contribution in [0.3, 0.4) is 0 Å². The zero-order chi connectivity index (χ0) is 18.4. The van der Waals surface area contributed by atoms with Crippen molar-refractivity contribution in [3.63, 3.8) is 0 Å². The first kappa shape index (κ1) is 18.8. The molecule has 0 saturated carbocycles. The standard InChI is InChI=1S/C18H26N4O3/c1-6-15-20-21-16(25-15)10-22(5)18(23)19-14(4)11-24-17-12(2)8-7-9-13(17)3/h7-9,14H,6,10-11H2,1-5H3,(H,19,23). The Morgan fingerprint density at radius 2 is 1.92 bits per heavy atom. The monoisotopic (exact) mass is 346 g/mol. The Morgan fingerprint density at radius 3 is 2.52 bits per heavy atom. The van der Waals surface area contributed by atoms with Gasteiger partial charge < -0.3 is 19.4 Å². The van der Waals surface area contributed by atoms with Crippen LogP contribution in [-0.4, -0.2) is 40.8 Å². The summed E-state index contributed by atoms with van der Waals surface area (Å²) in [6.07, 6.45) is 0.676. The molecule has 0 bridgehead atoms. The first-order chi connectivity index (χ1) is 11.9. The highest BCUT2D eigenvalue weighted by molar-refractivity contribution is 5.74. The van der Waals surface area contributed by atoms with Gasteiger partial charge in [0.05, 0.1) is 6.04 Å². The summed E-state index contributed by atoms with van der Waals surface area (Å²) < 4.78 is 11.3. The zero-order valence-corrected chi connectivity index (χ0v) is 15.5. The fourth-order valence-electron chi connectivity index (χ4n) is 2.37. The van der Waals surface area contributed by atoms with Crippen molar-refractivity contribution in [2.24, 2.45) is 0 Å². The number of para-hydroxylation sites is 1. The third kappa shape index (κ3) is 5.20. The van der Waals surface area contributed by atoms with Gasteiger partial charge in [0.1, 0.15) is 18.9 Å². The van der Waals surface area contributed by atoms with E-state index in [1.54, 1.807) is 7.05 Å². The van der Waals surface area contributed by atoms with Crippen molar-refractivity contribution in [1.29, 1.82) is 0 Å². The molecular weight excluding hydrogens is 320 g/mol. The quantitative estimate of drug-likeness (QED) is 0.834. The van der Waals surface area contributed by atoms with E-state index in [4.69, 9.17) is 9.15 Å². The maximum absolute atomic E-state index is 12.2. The minimum atomic E-state index is -0.214. The van der Waals surface area contributed by atoms with Gasteiger partial charge in [-0.2, -0.15) is 0 Å². The number of nitrogens with zero attached hydrogens (tertiary/aromatic N) is 3. The second-order valence-corrected chi connectivity index (χ2v) is 6.18. The van der Waals surface area contributed by atoms with Crippen LogP contribution in [0, 0.1) is 13.8 Å². The van der Waals surface area contributed by atoms with Crippen LogP contribution in [0.15, 0.2) is 22.6 Å². The summed E-state index contributed by atoms with van der Waals surface area (Å²) in [5.41, 5.74) is 2.16. The van der Waals surface area contributed by atoms with E-state index >= 15 is 0 Å². The number of urea groups is 1. The summed E-state index contributed by atoms with van der Waals surface area (Å²) in [5.74, 6) is 1.86. The fourth-order valence-corrected chi connectivity index (χ4v) is 2.37. The summed E-state index contributed by atoms with van der Waals surface area (Å²) in [4.78, 5) is 13.8. The van der Waals surface area contributed by atoms with E-state index in [9.17, 15) is 4.79 Å². The van der Waals surface area contributed by atoms with Crippen molar-refractivity contribution >= 4 is 6.03 Å². The summed E-state index contributed by atoms with van der Waals surface area (Å²) in [6.45, 7) is 8.52. The van der Waals surface area contributed by atoms with E-state index in [0.717, 1.165) is 16.9 Å². The smallest absolute Gasteiger partial charge is 0.317 e. The number of ether oxygens (including phenoxy) is 1. The lowest BCUT2D eigenvalue weighted by Crippen LogP contribution is -2.43. The molecule has 0 aliphatic heterocycles. The molecule has 0 radical (unpaired) electrons. The van der Waals surface area contributed by atoms with E-state index in [-0.39, 0.29) is 18.6 Å². The molecule has 1 aromatic carbocycles. The second-order valence-electron chi connectivity index (χ2n) is 6.18. The molecule has 1 N–H and O–H groups in total. The predicted octanol–water partition coefficient (Wildman–Crippen LogP) is 2.86. The normalized spacial score (nSPS) is 11.9. The average molecular weight is 346 g/mol. The predicted molar refractivity (Wildman–Crippen MR) is 94.5 cm³/mol. The Morgan fingerprint density at radius 1 is 1.28 bits per heavy atom. The van der Waals surface area contributed by atoms with Crippen molar-refractivity contribution < 1.29 is 13.9 Å². The molecule has 2 rings (SSSR count). The SMILES string of the molecule is CCc1nnc(CN(C)C(=O)NC(C)COc2c(C)cccc2C)o1. The highest BCUT2D eigenvalue weighted by Gasteiger charge is 2.16. The van der Waals surface area contributed by atoms with Crippen molar-refractivity contribution in [2.45, 2.75) is 46.7 Å². The number of amides is 2. The molecule has 7 heteroatoms. The highest BCUT2D eigenvalue weighted by atomic mass is 16.5. The molecule has 0 fully saturated rings. The molecule has 1 heterocycles. The second kappa shape index (κ2) is 8.50. The van der Waals surface area contributed by atoms with Gasteiger partial charge in [-0.1, -0.05) is 25.1 Å². The molecule has 25 heavy (non-hydrogen) atoms. The Labute approximate surface area is 148 Å². The van der Waals surface area contributed by atoms with Crippen LogP contribution in [0.4, 0.5) is 4.79 Å². The lowest BCUT2D eigenvalue weighted by molar-refractivity contribution is 0.190. The first-order valence-corrected chi connectivity index (χ1v) is 8.42. The van der Waals surface area contributed by atoms with Gasteiger partial charge in [0.25, 0.3) is 0 Å². The minimum absolute atomic E-state index is 0.136. The number of rotatable bonds is 7. The fraction of sp³-hybridized carbons (Fsp3) is 0.500. The Hall–Kier alpha value is -2.57. The minimum Gasteiger partial charge on any atom is -0.491 e. The molecule has 1 aromatic heterocycles. The van der Waals surface area contributed by atoms with Gasteiger partial charge in [0.15, 0.2) is 0 Å². The molecule has 2 aromatic rings. The Bertz CT molecular complexity index is 694. The molecular formula is C18H26N4O3. The maximum Gasteiger partial charge on any atom is 0.317 e. The van der Waals surface area contributed by atoms with Crippen molar-refractivity contribution in [1.82, 2.24) is 20.4 Å². The number of hydrogen-bond acceptors (Lipinski definition) is 5. The van der Waals surface area contributed by atoms with Gasteiger partial charge in [0, 0.05) is 13.5 Å². The summed E-state index contributed by atoms with van der Waals surface area (Å²) in [5, 5.41) is 10.7. The highest BCUT2D eigenvalue weighted by Crippen LogP contribution is 2.22. The average Bonchev–Trinajstić information content (AvgIpc) is 3.02. The molecule has 1 unspecified atom stereocenters.